The standard InChI is InChI=1S/C34H45NO6SSi/c1-25-18-20-28(21-19-25)42(37,38)41-31-23-27(35-32(36)40-33(2,3)4)22-26(31)24-39-43(34(5,6)7,29-14-10-8-11-15-29)30-16-12-9-13-17-30/h8-21,26-27,31H,22-24H2,1-7H3,(H,35,36). The number of carbonyl (C=O) groups excluding carboxylic acids is 1. The fraction of sp³-hybridized carbons (Fsp3) is 0.441. The van der Waals surface area contributed by atoms with E-state index >= 15 is 0 Å². The van der Waals surface area contributed by atoms with E-state index in [1.54, 1.807) is 24.3 Å². The number of hydrogen-bond donors (Lipinski definition) is 1. The summed E-state index contributed by atoms with van der Waals surface area (Å²) in [5.41, 5.74) is 0.303. The molecule has 1 aliphatic carbocycles. The van der Waals surface area contributed by atoms with E-state index in [0.29, 0.717) is 12.8 Å². The van der Waals surface area contributed by atoms with Gasteiger partial charge in [-0.25, -0.2) is 4.79 Å². The maximum Gasteiger partial charge on any atom is 0.407 e. The monoisotopic (exact) mass is 623 g/mol. The average Bonchev–Trinajstić information content (AvgIpc) is 3.28. The zero-order valence-corrected chi connectivity index (χ0v) is 28.1. The first-order valence-electron chi connectivity index (χ1n) is 14.9. The summed E-state index contributed by atoms with van der Waals surface area (Å²) < 4.78 is 45.4. The quantitative estimate of drug-likeness (QED) is 0.234. The van der Waals surface area contributed by atoms with Crippen LogP contribution in [0.3, 0.4) is 0 Å². The van der Waals surface area contributed by atoms with Gasteiger partial charge in [-0.2, -0.15) is 8.42 Å². The number of ether oxygens (including phenoxy) is 1. The van der Waals surface area contributed by atoms with Crippen LogP contribution in [0, 0.1) is 12.8 Å². The van der Waals surface area contributed by atoms with Crippen LogP contribution < -0.4 is 15.7 Å². The molecule has 1 aliphatic rings. The Balaban J connectivity index is 1.67. The lowest BCUT2D eigenvalue weighted by atomic mass is 10.1. The first-order valence-corrected chi connectivity index (χ1v) is 18.2. The Hall–Kier alpha value is -2.98. The molecule has 3 atom stereocenters. The number of aryl methyl sites for hydroxylation is 1. The van der Waals surface area contributed by atoms with Gasteiger partial charge < -0.3 is 14.5 Å². The normalized spacial score (nSPS) is 19.7. The molecule has 0 heterocycles. The summed E-state index contributed by atoms with van der Waals surface area (Å²) in [6.07, 6.45) is -0.416. The van der Waals surface area contributed by atoms with Gasteiger partial charge in [0.25, 0.3) is 18.4 Å². The van der Waals surface area contributed by atoms with E-state index in [0.717, 1.165) is 15.9 Å². The predicted molar refractivity (Wildman–Crippen MR) is 173 cm³/mol. The Morgan fingerprint density at radius 3 is 1.86 bits per heavy atom. The number of benzene rings is 3. The summed E-state index contributed by atoms with van der Waals surface area (Å²) >= 11 is 0. The number of carbonyl (C=O) groups is 1. The second-order valence-corrected chi connectivity index (χ2v) is 19.3. The highest BCUT2D eigenvalue weighted by Crippen LogP contribution is 2.39. The Kier molecular flexibility index (Phi) is 9.91. The van der Waals surface area contributed by atoms with Gasteiger partial charge in [0.1, 0.15) is 5.60 Å². The minimum absolute atomic E-state index is 0.105. The fourth-order valence-electron chi connectivity index (χ4n) is 5.89. The third kappa shape index (κ3) is 7.95. The van der Waals surface area contributed by atoms with E-state index in [1.807, 2.05) is 64.1 Å². The van der Waals surface area contributed by atoms with Gasteiger partial charge in [0.05, 0.1) is 11.0 Å². The van der Waals surface area contributed by atoms with Crippen molar-refractivity contribution in [3.8, 4) is 0 Å². The third-order valence-corrected chi connectivity index (χ3v) is 14.2. The molecule has 0 aromatic heterocycles. The minimum Gasteiger partial charge on any atom is -0.444 e. The molecule has 3 unspecified atom stereocenters. The van der Waals surface area contributed by atoms with Crippen LogP contribution in [-0.4, -0.2) is 47.2 Å². The summed E-state index contributed by atoms with van der Waals surface area (Å²) in [4.78, 5) is 12.8. The second-order valence-electron chi connectivity index (χ2n) is 13.5. The molecule has 1 N–H and O–H groups in total. The molecular formula is C34H45NO6SSi. The Bertz CT molecular complexity index is 1430. The topological polar surface area (TPSA) is 90.9 Å². The molecule has 3 aromatic rings. The van der Waals surface area contributed by atoms with Gasteiger partial charge in [-0.1, -0.05) is 99.1 Å². The number of alkyl carbamates (subject to hydrolysis) is 1. The van der Waals surface area contributed by atoms with E-state index < -0.39 is 36.2 Å². The van der Waals surface area contributed by atoms with E-state index in [4.69, 9.17) is 13.3 Å². The molecular weight excluding hydrogens is 579 g/mol. The lowest BCUT2D eigenvalue weighted by Crippen LogP contribution is -2.67. The summed E-state index contributed by atoms with van der Waals surface area (Å²) in [7, 11) is -6.93. The van der Waals surface area contributed by atoms with Crippen molar-refractivity contribution in [3.05, 3.63) is 90.5 Å². The molecule has 4 rings (SSSR count). The van der Waals surface area contributed by atoms with Gasteiger partial charge in [0, 0.05) is 18.6 Å². The van der Waals surface area contributed by atoms with Crippen molar-refractivity contribution >= 4 is 34.9 Å². The van der Waals surface area contributed by atoms with Crippen LogP contribution in [0.5, 0.6) is 0 Å². The zero-order chi connectivity index (χ0) is 31.5. The van der Waals surface area contributed by atoms with Gasteiger partial charge in [-0.3, -0.25) is 4.18 Å². The van der Waals surface area contributed by atoms with Gasteiger partial charge in [0.15, 0.2) is 0 Å². The predicted octanol–water partition coefficient (Wildman–Crippen LogP) is 5.95. The van der Waals surface area contributed by atoms with Crippen molar-refractivity contribution in [3.63, 3.8) is 0 Å². The summed E-state index contributed by atoms with van der Waals surface area (Å²) in [6, 6.07) is 26.9. The van der Waals surface area contributed by atoms with Crippen molar-refractivity contribution in [2.75, 3.05) is 6.61 Å². The lowest BCUT2D eigenvalue weighted by Gasteiger charge is -2.43. The highest BCUT2D eigenvalue weighted by Gasteiger charge is 2.51. The number of hydrogen-bond acceptors (Lipinski definition) is 6. The van der Waals surface area contributed by atoms with E-state index in [2.05, 4.69) is 50.4 Å². The molecule has 0 radical (unpaired) electrons. The Morgan fingerprint density at radius 1 is 0.837 bits per heavy atom. The average molecular weight is 624 g/mol. The highest BCUT2D eigenvalue weighted by atomic mass is 32.2. The Morgan fingerprint density at radius 2 is 1.37 bits per heavy atom. The summed E-state index contributed by atoms with van der Waals surface area (Å²) in [5.74, 6) is -0.290. The molecule has 1 amide bonds. The van der Waals surface area contributed by atoms with Crippen LogP contribution >= 0.6 is 0 Å². The van der Waals surface area contributed by atoms with Crippen LogP contribution in [0.1, 0.15) is 59.9 Å². The largest absolute Gasteiger partial charge is 0.444 e. The van der Waals surface area contributed by atoms with E-state index in [9.17, 15) is 13.2 Å². The highest BCUT2D eigenvalue weighted by molar-refractivity contribution is 7.86. The molecule has 3 aromatic carbocycles. The van der Waals surface area contributed by atoms with Crippen molar-refractivity contribution in [1.29, 1.82) is 0 Å². The summed E-state index contributed by atoms with van der Waals surface area (Å²) in [6.45, 7) is 14.2. The fourth-order valence-corrected chi connectivity index (χ4v) is 11.6. The molecule has 43 heavy (non-hydrogen) atoms. The number of amides is 1. The maximum atomic E-state index is 13.4. The van der Waals surface area contributed by atoms with Crippen molar-refractivity contribution < 1.29 is 26.6 Å². The lowest BCUT2D eigenvalue weighted by molar-refractivity contribution is 0.0503. The van der Waals surface area contributed by atoms with Crippen LogP contribution in [-0.2, 0) is 23.5 Å². The van der Waals surface area contributed by atoms with Crippen LogP contribution in [0.4, 0.5) is 4.79 Å². The zero-order valence-electron chi connectivity index (χ0n) is 26.3. The van der Waals surface area contributed by atoms with Gasteiger partial charge >= 0.3 is 6.09 Å². The van der Waals surface area contributed by atoms with E-state index in [-0.39, 0.29) is 28.5 Å². The smallest absolute Gasteiger partial charge is 0.407 e. The summed E-state index contributed by atoms with van der Waals surface area (Å²) in [5, 5.41) is 4.97. The van der Waals surface area contributed by atoms with Crippen molar-refractivity contribution in [2.24, 2.45) is 5.92 Å². The molecule has 0 saturated heterocycles. The third-order valence-electron chi connectivity index (χ3n) is 7.84. The van der Waals surface area contributed by atoms with Crippen LogP contribution in [0.25, 0.3) is 0 Å². The second kappa shape index (κ2) is 12.9. The Labute approximate surface area is 258 Å². The molecule has 0 aliphatic heterocycles. The molecule has 0 spiro atoms. The van der Waals surface area contributed by atoms with E-state index in [1.165, 1.54) is 0 Å². The van der Waals surface area contributed by atoms with Crippen LogP contribution in [0.2, 0.25) is 5.04 Å². The SMILES string of the molecule is Cc1ccc(S(=O)(=O)OC2CC(NC(=O)OC(C)(C)C)CC2CO[Si](c2ccccc2)(c2ccccc2)C(C)(C)C)cc1. The first-order chi connectivity index (χ1) is 20.1. The molecule has 1 saturated carbocycles. The molecule has 0 bridgehead atoms. The first kappa shape index (κ1) is 32.9. The molecule has 7 nitrogen and oxygen atoms in total. The van der Waals surface area contributed by atoms with Gasteiger partial charge in [-0.05, 0) is 68.1 Å². The molecule has 232 valence electrons. The van der Waals surface area contributed by atoms with Crippen LogP contribution in [0.15, 0.2) is 89.8 Å². The van der Waals surface area contributed by atoms with Crippen molar-refractivity contribution in [2.45, 2.75) is 89.0 Å². The van der Waals surface area contributed by atoms with Crippen molar-refractivity contribution in [1.82, 2.24) is 5.32 Å². The minimum atomic E-state index is -4.05. The van der Waals surface area contributed by atoms with Gasteiger partial charge in [-0.15, -0.1) is 0 Å². The molecule has 9 heteroatoms. The number of nitrogens with one attached hydrogen (secondary N) is 1. The van der Waals surface area contributed by atoms with Gasteiger partial charge in [0.2, 0.25) is 0 Å². The number of rotatable bonds is 9. The molecule has 1 fully saturated rings. The maximum absolute atomic E-state index is 13.4.